The Morgan fingerprint density at radius 2 is 1.94 bits per heavy atom. The van der Waals surface area contributed by atoms with E-state index in [4.69, 9.17) is 16.1 Å². The van der Waals surface area contributed by atoms with E-state index in [9.17, 15) is 9.59 Å². The average molecular weight is 464 g/mol. The molecular weight excluding hydrogens is 442 g/mol. The number of nitrogens with one attached hydrogen (secondary N) is 1. The Labute approximate surface area is 185 Å². The van der Waals surface area contributed by atoms with E-state index in [1.54, 1.807) is 0 Å². The number of hydrogen-bond acceptors (Lipinski definition) is 8. The predicted molar refractivity (Wildman–Crippen MR) is 118 cm³/mol. The maximum absolute atomic E-state index is 12.9. The highest BCUT2D eigenvalue weighted by atomic mass is 35.5. The number of thiazole rings is 1. The van der Waals surface area contributed by atoms with Crippen molar-refractivity contribution in [1.29, 1.82) is 0 Å². The number of nitrogens with zero attached hydrogens (tertiary/aromatic N) is 6. The zero-order chi connectivity index (χ0) is 22.0. The van der Waals surface area contributed by atoms with Gasteiger partial charge in [-0.15, -0.1) is 11.3 Å². The molecule has 0 aliphatic rings. The summed E-state index contributed by atoms with van der Waals surface area (Å²) in [6, 6.07) is 0. The Balaban J connectivity index is 1.46. The number of hydrogen-bond donors (Lipinski definition) is 1. The molecular formula is C19H22ClN7O3S. The van der Waals surface area contributed by atoms with Gasteiger partial charge in [0.05, 0.1) is 5.01 Å². The fourth-order valence-corrected chi connectivity index (χ4v) is 4.09. The van der Waals surface area contributed by atoms with Crippen LogP contribution in [0.15, 0.2) is 19.5 Å². The molecule has 10 nitrogen and oxygen atoms in total. The van der Waals surface area contributed by atoms with Crippen molar-refractivity contribution in [1.82, 2.24) is 34.2 Å². The number of unbranched alkanes of at least 4 members (excludes halogenated alkanes) is 2. The van der Waals surface area contributed by atoms with Crippen molar-refractivity contribution in [3.8, 4) is 11.6 Å². The molecule has 0 saturated heterocycles. The number of aromatic nitrogens is 7. The van der Waals surface area contributed by atoms with Crippen molar-refractivity contribution < 1.29 is 4.52 Å². The highest BCUT2D eigenvalue weighted by Crippen LogP contribution is 2.20. The summed E-state index contributed by atoms with van der Waals surface area (Å²) >= 11 is 7.47. The van der Waals surface area contributed by atoms with Crippen LogP contribution in [0.2, 0.25) is 5.28 Å². The van der Waals surface area contributed by atoms with Crippen LogP contribution in [-0.4, -0.2) is 34.2 Å². The second kappa shape index (κ2) is 9.15. The largest absolute Gasteiger partial charge is 0.332 e. The second-order valence-corrected chi connectivity index (χ2v) is 8.62. The molecule has 0 aliphatic carbocycles. The molecule has 0 bridgehead atoms. The molecule has 4 aromatic rings. The summed E-state index contributed by atoms with van der Waals surface area (Å²) < 4.78 is 8.03. The lowest BCUT2D eigenvalue weighted by Crippen LogP contribution is -2.40. The molecule has 0 radical (unpaired) electrons. The molecule has 0 atom stereocenters. The third kappa shape index (κ3) is 4.47. The van der Waals surface area contributed by atoms with Gasteiger partial charge < -0.3 is 9.51 Å². The van der Waals surface area contributed by atoms with E-state index in [0.29, 0.717) is 48.9 Å². The van der Waals surface area contributed by atoms with Gasteiger partial charge in [0.2, 0.25) is 5.28 Å². The van der Waals surface area contributed by atoms with Crippen molar-refractivity contribution >= 4 is 34.1 Å². The first-order chi connectivity index (χ1) is 15.0. The van der Waals surface area contributed by atoms with E-state index < -0.39 is 5.56 Å². The van der Waals surface area contributed by atoms with Crippen molar-refractivity contribution in [2.75, 3.05) is 0 Å². The number of aryl methyl sites for hydroxylation is 3. The van der Waals surface area contributed by atoms with E-state index in [1.807, 2.05) is 19.2 Å². The molecule has 0 aromatic carbocycles. The molecule has 12 heteroatoms. The molecule has 4 heterocycles. The number of H-pyrrole nitrogens is 1. The molecule has 1 N–H and O–H groups in total. The van der Waals surface area contributed by atoms with Crippen molar-refractivity contribution in [3.63, 3.8) is 0 Å². The van der Waals surface area contributed by atoms with Crippen LogP contribution in [0.3, 0.4) is 0 Å². The third-order valence-electron chi connectivity index (χ3n) is 4.91. The fourth-order valence-electron chi connectivity index (χ4n) is 3.33. The Bertz CT molecular complexity index is 1320. The van der Waals surface area contributed by atoms with Crippen LogP contribution in [0, 0.1) is 6.92 Å². The summed E-state index contributed by atoms with van der Waals surface area (Å²) in [7, 11) is 0. The van der Waals surface area contributed by atoms with Gasteiger partial charge in [0, 0.05) is 24.9 Å². The number of rotatable bonds is 9. The standard InChI is InChI=1S/C19H22ClN7O3S/c1-3-4-8-26-15-14(23-18(20)24-15)17(28)27(19(26)29)9-6-5-7-13-22-16(30-25-13)12-10-31-11(2)21-12/h10H,3-9H2,1-2H3,(H,23,24). The summed E-state index contributed by atoms with van der Waals surface area (Å²) in [5, 5.41) is 6.89. The number of aromatic amines is 1. The normalized spacial score (nSPS) is 11.6. The van der Waals surface area contributed by atoms with E-state index in [1.165, 1.54) is 20.5 Å². The molecule has 0 fully saturated rings. The van der Waals surface area contributed by atoms with Gasteiger partial charge in [0.15, 0.2) is 17.0 Å². The molecule has 0 aliphatic heterocycles. The van der Waals surface area contributed by atoms with Crippen LogP contribution in [0.25, 0.3) is 22.7 Å². The van der Waals surface area contributed by atoms with Gasteiger partial charge in [-0.1, -0.05) is 18.5 Å². The first-order valence-corrected chi connectivity index (χ1v) is 11.4. The van der Waals surface area contributed by atoms with Gasteiger partial charge in [-0.2, -0.15) is 9.97 Å². The van der Waals surface area contributed by atoms with Crippen LogP contribution in [0.1, 0.15) is 43.4 Å². The van der Waals surface area contributed by atoms with Gasteiger partial charge in [-0.25, -0.2) is 9.78 Å². The highest BCUT2D eigenvalue weighted by molar-refractivity contribution is 7.09. The molecule has 0 unspecified atom stereocenters. The smallest absolute Gasteiger partial charge is 0.332 e. The minimum absolute atomic E-state index is 0.0951. The zero-order valence-electron chi connectivity index (χ0n) is 17.2. The van der Waals surface area contributed by atoms with E-state index in [0.717, 1.165) is 17.8 Å². The lowest BCUT2D eigenvalue weighted by Gasteiger charge is -2.10. The monoisotopic (exact) mass is 463 g/mol. The molecule has 31 heavy (non-hydrogen) atoms. The van der Waals surface area contributed by atoms with Crippen LogP contribution in [-0.2, 0) is 19.5 Å². The first-order valence-electron chi connectivity index (χ1n) is 10.1. The second-order valence-electron chi connectivity index (χ2n) is 7.20. The first kappa shape index (κ1) is 21.4. The quantitative estimate of drug-likeness (QED) is 0.298. The number of fused-ring (bicyclic) bond motifs is 1. The Hall–Kier alpha value is -2.79. The summed E-state index contributed by atoms with van der Waals surface area (Å²) in [6.45, 7) is 4.72. The zero-order valence-corrected chi connectivity index (χ0v) is 18.8. The fraction of sp³-hybridized carbons (Fsp3) is 0.474. The predicted octanol–water partition coefficient (Wildman–Crippen LogP) is 3.18. The van der Waals surface area contributed by atoms with Gasteiger partial charge >= 0.3 is 5.69 Å². The topological polar surface area (TPSA) is 124 Å². The lowest BCUT2D eigenvalue weighted by atomic mass is 10.2. The highest BCUT2D eigenvalue weighted by Gasteiger charge is 2.17. The van der Waals surface area contributed by atoms with Crippen molar-refractivity contribution in [2.45, 2.75) is 59.0 Å². The number of halogens is 1. The maximum Gasteiger partial charge on any atom is 0.332 e. The molecule has 0 saturated carbocycles. The van der Waals surface area contributed by atoms with Gasteiger partial charge in [-0.3, -0.25) is 13.9 Å². The van der Waals surface area contributed by atoms with E-state index in [2.05, 4.69) is 25.1 Å². The number of imidazole rings is 1. The van der Waals surface area contributed by atoms with Crippen LogP contribution >= 0.6 is 22.9 Å². The minimum atomic E-state index is -0.409. The van der Waals surface area contributed by atoms with E-state index >= 15 is 0 Å². The SMILES string of the molecule is CCCCn1c(=O)n(CCCCc2noc(-c3csc(C)n3)n2)c(=O)c2[nH]c(Cl)nc21. The Morgan fingerprint density at radius 1 is 1.13 bits per heavy atom. The van der Waals surface area contributed by atoms with E-state index in [-0.39, 0.29) is 23.0 Å². The molecule has 4 aromatic heterocycles. The average Bonchev–Trinajstić information content (AvgIpc) is 3.47. The Kier molecular flexibility index (Phi) is 6.33. The Morgan fingerprint density at radius 3 is 2.68 bits per heavy atom. The van der Waals surface area contributed by atoms with Gasteiger partial charge in [0.25, 0.3) is 11.4 Å². The molecule has 0 spiro atoms. The van der Waals surface area contributed by atoms with Crippen molar-refractivity contribution in [3.05, 3.63) is 42.3 Å². The molecule has 164 valence electrons. The summed E-state index contributed by atoms with van der Waals surface area (Å²) in [5.41, 5.74) is 0.457. The molecule has 4 rings (SSSR count). The van der Waals surface area contributed by atoms with Gasteiger partial charge in [-0.05, 0) is 37.8 Å². The minimum Gasteiger partial charge on any atom is -0.332 e. The summed E-state index contributed by atoms with van der Waals surface area (Å²) in [4.78, 5) is 41.3. The van der Waals surface area contributed by atoms with Crippen LogP contribution in [0.5, 0.6) is 0 Å². The maximum atomic E-state index is 12.9. The molecule has 0 amide bonds. The summed E-state index contributed by atoms with van der Waals surface area (Å²) in [6.07, 6.45) is 3.59. The summed E-state index contributed by atoms with van der Waals surface area (Å²) in [5.74, 6) is 0.972. The van der Waals surface area contributed by atoms with Gasteiger partial charge in [0.1, 0.15) is 5.69 Å². The third-order valence-corrected chi connectivity index (χ3v) is 5.86. The van der Waals surface area contributed by atoms with Crippen molar-refractivity contribution in [2.24, 2.45) is 0 Å². The van der Waals surface area contributed by atoms with Crippen LogP contribution < -0.4 is 11.2 Å². The van der Waals surface area contributed by atoms with Crippen LogP contribution in [0.4, 0.5) is 0 Å². The lowest BCUT2D eigenvalue weighted by molar-refractivity contribution is 0.419.